The summed E-state index contributed by atoms with van der Waals surface area (Å²) in [6.07, 6.45) is 6.48. The molecule has 1 saturated carbocycles. The SMILES string of the molecule is CCC1(CNc2ccc(C(=O)OC)c(C)n2)CCCC1. The predicted octanol–water partition coefficient (Wildman–Crippen LogP) is 3.56. The van der Waals surface area contributed by atoms with Crippen LogP contribution in [-0.4, -0.2) is 24.6 Å². The fourth-order valence-corrected chi connectivity index (χ4v) is 3.04. The Morgan fingerprint density at radius 1 is 1.40 bits per heavy atom. The highest BCUT2D eigenvalue weighted by atomic mass is 16.5. The number of carbonyl (C=O) groups excluding carboxylic acids is 1. The van der Waals surface area contributed by atoms with Gasteiger partial charge in [0.1, 0.15) is 5.82 Å². The van der Waals surface area contributed by atoms with Gasteiger partial charge in [0, 0.05) is 6.54 Å². The van der Waals surface area contributed by atoms with Crippen molar-refractivity contribution in [3.05, 3.63) is 23.4 Å². The molecule has 2 rings (SSSR count). The molecule has 0 aromatic carbocycles. The maximum Gasteiger partial charge on any atom is 0.339 e. The van der Waals surface area contributed by atoms with E-state index in [1.807, 2.05) is 13.0 Å². The number of methoxy groups -OCH3 is 1. The van der Waals surface area contributed by atoms with E-state index in [1.165, 1.54) is 39.2 Å². The molecule has 1 aromatic rings. The zero-order valence-corrected chi connectivity index (χ0v) is 12.7. The Balaban J connectivity index is 2.03. The van der Waals surface area contributed by atoms with Crippen LogP contribution in [-0.2, 0) is 4.74 Å². The van der Waals surface area contributed by atoms with Gasteiger partial charge in [0.2, 0.25) is 0 Å². The van der Waals surface area contributed by atoms with Crippen LogP contribution >= 0.6 is 0 Å². The van der Waals surface area contributed by atoms with Crippen LogP contribution < -0.4 is 5.32 Å². The van der Waals surface area contributed by atoms with Gasteiger partial charge in [0.25, 0.3) is 0 Å². The summed E-state index contributed by atoms with van der Waals surface area (Å²) in [7, 11) is 1.39. The Kier molecular flexibility index (Phi) is 4.63. The van der Waals surface area contributed by atoms with E-state index in [0.29, 0.717) is 16.7 Å². The van der Waals surface area contributed by atoms with E-state index in [9.17, 15) is 4.79 Å². The molecular formula is C16H24N2O2. The number of ether oxygens (including phenoxy) is 1. The molecule has 4 nitrogen and oxygen atoms in total. The number of aryl methyl sites for hydroxylation is 1. The van der Waals surface area contributed by atoms with Gasteiger partial charge in [0.05, 0.1) is 18.4 Å². The largest absolute Gasteiger partial charge is 0.465 e. The molecule has 1 aliphatic rings. The molecule has 0 unspecified atom stereocenters. The first-order valence-electron chi connectivity index (χ1n) is 7.40. The lowest BCUT2D eigenvalue weighted by Gasteiger charge is -2.28. The van der Waals surface area contributed by atoms with Crippen molar-refractivity contribution >= 4 is 11.8 Å². The zero-order chi connectivity index (χ0) is 14.6. The first-order chi connectivity index (χ1) is 9.60. The topological polar surface area (TPSA) is 51.2 Å². The Bertz CT molecular complexity index is 479. The van der Waals surface area contributed by atoms with Gasteiger partial charge in [-0.05, 0) is 43.7 Å². The van der Waals surface area contributed by atoms with Gasteiger partial charge in [-0.15, -0.1) is 0 Å². The van der Waals surface area contributed by atoms with Crippen molar-refractivity contribution in [2.45, 2.75) is 46.0 Å². The van der Waals surface area contributed by atoms with Gasteiger partial charge >= 0.3 is 5.97 Å². The van der Waals surface area contributed by atoms with Gasteiger partial charge in [-0.2, -0.15) is 0 Å². The molecule has 0 aliphatic heterocycles. The monoisotopic (exact) mass is 276 g/mol. The second-order valence-corrected chi connectivity index (χ2v) is 5.74. The summed E-state index contributed by atoms with van der Waals surface area (Å²) in [5.74, 6) is 0.511. The van der Waals surface area contributed by atoms with Crippen LogP contribution in [0.4, 0.5) is 5.82 Å². The van der Waals surface area contributed by atoms with Gasteiger partial charge in [-0.1, -0.05) is 19.8 Å². The second-order valence-electron chi connectivity index (χ2n) is 5.74. The van der Waals surface area contributed by atoms with E-state index >= 15 is 0 Å². The van der Waals surface area contributed by atoms with Crippen molar-refractivity contribution in [3.8, 4) is 0 Å². The summed E-state index contributed by atoms with van der Waals surface area (Å²) in [6, 6.07) is 3.64. The highest BCUT2D eigenvalue weighted by molar-refractivity contribution is 5.90. The highest BCUT2D eigenvalue weighted by Crippen LogP contribution is 2.40. The zero-order valence-electron chi connectivity index (χ0n) is 12.7. The second kappa shape index (κ2) is 6.25. The smallest absolute Gasteiger partial charge is 0.339 e. The number of aromatic nitrogens is 1. The standard InChI is InChI=1S/C16H24N2O2/c1-4-16(9-5-6-10-16)11-17-14-8-7-13(12(2)18-14)15(19)20-3/h7-8H,4-6,9-11H2,1-3H3,(H,17,18). The molecule has 1 N–H and O–H groups in total. The molecule has 1 aromatic heterocycles. The number of nitrogens with zero attached hydrogens (tertiary/aromatic N) is 1. The molecular weight excluding hydrogens is 252 g/mol. The lowest BCUT2D eigenvalue weighted by atomic mass is 9.83. The van der Waals surface area contributed by atoms with Crippen molar-refractivity contribution in [1.29, 1.82) is 0 Å². The summed E-state index contributed by atoms with van der Waals surface area (Å²) >= 11 is 0. The van der Waals surface area contributed by atoms with Crippen LogP contribution in [0, 0.1) is 12.3 Å². The fraction of sp³-hybridized carbons (Fsp3) is 0.625. The molecule has 0 radical (unpaired) electrons. The van der Waals surface area contributed by atoms with E-state index < -0.39 is 0 Å². The van der Waals surface area contributed by atoms with Crippen LogP contribution in [0.25, 0.3) is 0 Å². The minimum atomic E-state index is -0.331. The van der Waals surface area contributed by atoms with Crippen molar-refractivity contribution in [2.75, 3.05) is 19.0 Å². The van der Waals surface area contributed by atoms with Crippen molar-refractivity contribution in [1.82, 2.24) is 4.98 Å². The summed E-state index contributed by atoms with van der Waals surface area (Å²) in [4.78, 5) is 16.0. The maximum atomic E-state index is 11.5. The maximum absolute atomic E-state index is 11.5. The number of carbonyl (C=O) groups is 1. The number of anilines is 1. The number of hydrogen-bond acceptors (Lipinski definition) is 4. The molecule has 1 aliphatic carbocycles. The Labute approximate surface area is 120 Å². The minimum Gasteiger partial charge on any atom is -0.465 e. The number of esters is 1. The molecule has 0 saturated heterocycles. The highest BCUT2D eigenvalue weighted by Gasteiger charge is 2.31. The van der Waals surface area contributed by atoms with Crippen LogP contribution in [0.15, 0.2) is 12.1 Å². The lowest BCUT2D eigenvalue weighted by molar-refractivity contribution is 0.0599. The number of nitrogens with one attached hydrogen (secondary N) is 1. The third-order valence-electron chi connectivity index (χ3n) is 4.55. The average Bonchev–Trinajstić information content (AvgIpc) is 2.94. The van der Waals surface area contributed by atoms with E-state index in [-0.39, 0.29) is 5.97 Å². The van der Waals surface area contributed by atoms with Gasteiger partial charge in [-0.3, -0.25) is 0 Å². The molecule has 0 spiro atoms. The number of hydrogen-bond donors (Lipinski definition) is 1. The number of rotatable bonds is 5. The quantitative estimate of drug-likeness (QED) is 0.835. The normalized spacial score (nSPS) is 16.9. The van der Waals surface area contributed by atoms with E-state index in [0.717, 1.165) is 12.4 Å². The van der Waals surface area contributed by atoms with Crippen molar-refractivity contribution in [3.63, 3.8) is 0 Å². The third kappa shape index (κ3) is 3.11. The first-order valence-corrected chi connectivity index (χ1v) is 7.40. The van der Waals surface area contributed by atoms with Gasteiger partial charge in [-0.25, -0.2) is 9.78 Å². The Morgan fingerprint density at radius 3 is 2.65 bits per heavy atom. The van der Waals surface area contributed by atoms with E-state index in [2.05, 4.69) is 17.2 Å². The molecule has 110 valence electrons. The summed E-state index contributed by atoms with van der Waals surface area (Å²) < 4.78 is 4.73. The van der Waals surface area contributed by atoms with Crippen molar-refractivity contribution in [2.24, 2.45) is 5.41 Å². The molecule has 1 heterocycles. The van der Waals surface area contributed by atoms with Gasteiger partial charge in [0.15, 0.2) is 0 Å². The Hall–Kier alpha value is -1.58. The van der Waals surface area contributed by atoms with E-state index in [1.54, 1.807) is 6.07 Å². The van der Waals surface area contributed by atoms with E-state index in [4.69, 9.17) is 4.74 Å². The predicted molar refractivity (Wildman–Crippen MR) is 80.0 cm³/mol. The molecule has 0 bridgehead atoms. The van der Waals surface area contributed by atoms with Crippen LogP contribution in [0.2, 0.25) is 0 Å². The molecule has 1 fully saturated rings. The van der Waals surface area contributed by atoms with Crippen LogP contribution in [0.5, 0.6) is 0 Å². The van der Waals surface area contributed by atoms with Crippen LogP contribution in [0.1, 0.15) is 55.1 Å². The molecule has 0 amide bonds. The summed E-state index contributed by atoms with van der Waals surface area (Å²) in [5.41, 5.74) is 1.67. The Morgan fingerprint density at radius 2 is 2.10 bits per heavy atom. The summed E-state index contributed by atoms with van der Waals surface area (Å²) in [5, 5.41) is 3.44. The molecule has 20 heavy (non-hydrogen) atoms. The molecule has 4 heteroatoms. The van der Waals surface area contributed by atoms with Crippen molar-refractivity contribution < 1.29 is 9.53 Å². The minimum absolute atomic E-state index is 0.331. The fourth-order valence-electron chi connectivity index (χ4n) is 3.04. The summed E-state index contributed by atoms with van der Waals surface area (Å²) in [6.45, 7) is 5.07. The number of pyridine rings is 1. The van der Waals surface area contributed by atoms with Gasteiger partial charge < -0.3 is 10.1 Å². The molecule has 0 atom stereocenters. The lowest BCUT2D eigenvalue weighted by Crippen LogP contribution is -2.26. The average molecular weight is 276 g/mol. The van der Waals surface area contributed by atoms with Crippen LogP contribution in [0.3, 0.4) is 0 Å². The first kappa shape index (κ1) is 14.8. The third-order valence-corrected chi connectivity index (χ3v) is 4.55.